The van der Waals surface area contributed by atoms with Gasteiger partial charge in [0.05, 0.1) is 0 Å². The predicted molar refractivity (Wildman–Crippen MR) is 154 cm³/mol. The number of aliphatic carboxylic acids is 1. The average Bonchev–Trinajstić information content (AvgIpc) is 3.25. The molecular formula is C22H23ClFN7O5S4. The zero-order valence-electron chi connectivity index (χ0n) is 20.7. The van der Waals surface area contributed by atoms with Crippen LogP contribution in [-0.2, 0) is 19.2 Å². The summed E-state index contributed by atoms with van der Waals surface area (Å²) in [4.78, 5) is 54.8. The van der Waals surface area contributed by atoms with Crippen molar-refractivity contribution in [2.24, 2.45) is 10.9 Å². The van der Waals surface area contributed by atoms with Gasteiger partial charge in [0.15, 0.2) is 10.8 Å². The molecule has 4 heterocycles. The molecule has 1 fully saturated rings. The topological polar surface area (TPSA) is 186 Å². The Morgan fingerprint density at radius 3 is 2.88 bits per heavy atom. The summed E-state index contributed by atoms with van der Waals surface area (Å²) >= 11 is 11.1. The third kappa shape index (κ3) is 6.66. The number of nitrogen functional groups attached to an aromatic ring is 1. The van der Waals surface area contributed by atoms with Crippen LogP contribution in [0.4, 0.5) is 9.52 Å². The van der Waals surface area contributed by atoms with Crippen LogP contribution in [0, 0.1) is 0 Å². The molecule has 0 aromatic carbocycles. The highest BCUT2D eigenvalue weighted by molar-refractivity contribution is 8.07. The number of carbonyl (C=O) groups excluding carboxylic acids is 2. The SMILES string of the molecule is CC(N)CSc1cnccc1SC1=C(C(=O)O)N2C(=O)[C@@H](NC(=O)/C(=N\OCCF)c3nc(N)sc3Cl)[C@@H]2SC1. The number of oxime groups is 1. The van der Waals surface area contributed by atoms with Gasteiger partial charge in [0.25, 0.3) is 11.8 Å². The fraction of sp³-hybridized carbons (Fsp3) is 0.364. The Morgan fingerprint density at radius 1 is 1.45 bits per heavy atom. The van der Waals surface area contributed by atoms with Crippen molar-refractivity contribution in [1.82, 2.24) is 20.2 Å². The van der Waals surface area contributed by atoms with Crippen molar-refractivity contribution in [3.63, 3.8) is 0 Å². The number of aromatic nitrogens is 2. The van der Waals surface area contributed by atoms with E-state index in [9.17, 15) is 23.9 Å². The minimum Gasteiger partial charge on any atom is -0.477 e. The number of pyridine rings is 1. The Morgan fingerprint density at radius 2 is 2.23 bits per heavy atom. The number of amides is 2. The zero-order chi connectivity index (χ0) is 29.0. The van der Waals surface area contributed by atoms with Crippen LogP contribution in [0.1, 0.15) is 12.6 Å². The maximum absolute atomic E-state index is 13.2. The number of anilines is 1. The number of hydrogen-bond donors (Lipinski definition) is 4. The first kappa shape index (κ1) is 30.4. The van der Waals surface area contributed by atoms with Crippen molar-refractivity contribution in [3.05, 3.63) is 39.1 Å². The zero-order valence-corrected chi connectivity index (χ0v) is 24.7. The van der Waals surface area contributed by atoms with Crippen LogP contribution in [0.25, 0.3) is 0 Å². The van der Waals surface area contributed by atoms with Crippen LogP contribution in [0.5, 0.6) is 0 Å². The second kappa shape index (κ2) is 13.4. The maximum atomic E-state index is 13.2. The molecule has 0 saturated carbocycles. The standard InChI is InChI=1S/C22H23ClFN7O5S4/c1-9(25)7-37-11-6-27-4-2-10(11)39-12-8-38-20-15(19(33)31(20)16(12)21(34)35)28-18(32)14(30-36-5-3-24)13-17(23)40-22(26)29-13/h2,4,6,9,15,20H,3,5,7-8,25H2,1H3,(H2,26,29)(H,28,32)(H,34,35)/b30-14-/t9?,15-,20+/m1/s1. The lowest BCUT2D eigenvalue weighted by Crippen LogP contribution is -2.71. The molecule has 2 aromatic rings. The minimum atomic E-state index is -1.27. The van der Waals surface area contributed by atoms with Crippen LogP contribution in [0.2, 0.25) is 4.34 Å². The molecule has 0 radical (unpaired) electrons. The van der Waals surface area contributed by atoms with E-state index in [2.05, 4.69) is 20.4 Å². The molecule has 0 spiro atoms. The van der Waals surface area contributed by atoms with E-state index in [0.717, 1.165) is 26.0 Å². The summed E-state index contributed by atoms with van der Waals surface area (Å²) in [5, 5.41) is 15.6. The molecule has 1 saturated heterocycles. The number of thiazole rings is 1. The summed E-state index contributed by atoms with van der Waals surface area (Å²) in [6, 6.07) is 0.677. The Balaban J connectivity index is 1.54. The fourth-order valence-electron chi connectivity index (χ4n) is 3.59. The van der Waals surface area contributed by atoms with Crippen LogP contribution < -0.4 is 16.8 Å². The van der Waals surface area contributed by atoms with Gasteiger partial charge in [0, 0.05) is 44.6 Å². The van der Waals surface area contributed by atoms with Gasteiger partial charge in [-0.15, -0.1) is 23.5 Å². The van der Waals surface area contributed by atoms with Crippen molar-refractivity contribution in [1.29, 1.82) is 0 Å². The van der Waals surface area contributed by atoms with Gasteiger partial charge in [-0.2, -0.15) is 0 Å². The number of fused-ring (bicyclic) bond motifs is 1. The molecule has 1 unspecified atom stereocenters. The number of nitrogens with two attached hydrogens (primary N) is 2. The normalized spacial score (nSPS) is 19.6. The molecule has 4 rings (SSSR count). The molecule has 12 nitrogen and oxygen atoms in total. The molecule has 6 N–H and O–H groups in total. The average molecular weight is 648 g/mol. The number of β-lactam (4-membered cyclic amide) rings is 1. The van der Waals surface area contributed by atoms with Crippen LogP contribution in [-0.4, -0.2) is 85.7 Å². The van der Waals surface area contributed by atoms with E-state index in [1.54, 1.807) is 18.5 Å². The van der Waals surface area contributed by atoms with E-state index < -0.39 is 48.2 Å². The number of halogens is 2. The van der Waals surface area contributed by atoms with Gasteiger partial charge in [-0.1, -0.05) is 39.9 Å². The van der Waals surface area contributed by atoms with Gasteiger partial charge < -0.3 is 26.7 Å². The molecule has 40 heavy (non-hydrogen) atoms. The van der Waals surface area contributed by atoms with Gasteiger partial charge in [0.1, 0.15) is 40.4 Å². The summed E-state index contributed by atoms with van der Waals surface area (Å²) < 4.78 is 12.6. The Bertz CT molecular complexity index is 1370. The molecule has 0 aliphatic carbocycles. The summed E-state index contributed by atoms with van der Waals surface area (Å²) in [7, 11) is 0. The highest BCUT2D eigenvalue weighted by Gasteiger charge is 2.54. The Hall–Kier alpha value is -2.57. The molecule has 2 aliphatic rings. The van der Waals surface area contributed by atoms with Gasteiger partial charge in [0.2, 0.25) is 0 Å². The second-order valence-corrected chi connectivity index (χ2v) is 13.2. The molecule has 2 aliphatic heterocycles. The number of hydrogen-bond acceptors (Lipinski definition) is 13. The lowest BCUT2D eigenvalue weighted by molar-refractivity contribution is -0.150. The summed E-state index contributed by atoms with van der Waals surface area (Å²) in [6.45, 7) is 0.617. The maximum Gasteiger partial charge on any atom is 0.353 e. The summed E-state index contributed by atoms with van der Waals surface area (Å²) in [6.07, 6.45) is 3.30. The molecule has 2 aromatic heterocycles. The van der Waals surface area contributed by atoms with Gasteiger partial charge in [-0.25, -0.2) is 14.2 Å². The molecule has 3 atom stereocenters. The van der Waals surface area contributed by atoms with Crippen LogP contribution in [0.15, 0.2) is 44.0 Å². The number of nitrogens with zero attached hydrogens (tertiary/aromatic N) is 4. The molecule has 2 amide bonds. The van der Waals surface area contributed by atoms with E-state index >= 15 is 0 Å². The number of nitrogens with one attached hydrogen (secondary N) is 1. The minimum absolute atomic E-state index is 0.0431. The molecule has 18 heteroatoms. The Kier molecular flexibility index (Phi) is 10.2. The highest BCUT2D eigenvalue weighted by Crippen LogP contribution is 2.46. The predicted octanol–water partition coefficient (Wildman–Crippen LogP) is 2.39. The molecule has 214 valence electrons. The van der Waals surface area contributed by atoms with E-state index in [1.165, 1.54) is 35.3 Å². The first-order chi connectivity index (χ1) is 19.1. The lowest BCUT2D eigenvalue weighted by Gasteiger charge is -2.49. The van der Waals surface area contributed by atoms with Crippen LogP contribution in [0.3, 0.4) is 0 Å². The molecular weight excluding hydrogens is 625 g/mol. The lowest BCUT2D eigenvalue weighted by atomic mass is 10.0. The second-order valence-electron chi connectivity index (χ2n) is 8.29. The largest absolute Gasteiger partial charge is 0.477 e. The van der Waals surface area contributed by atoms with E-state index in [-0.39, 0.29) is 32.7 Å². The smallest absolute Gasteiger partial charge is 0.353 e. The van der Waals surface area contributed by atoms with Crippen molar-refractivity contribution in [2.75, 3.05) is 30.5 Å². The van der Waals surface area contributed by atoms with Crippen LogP contribution >= 0.6 is 58.2 Å². The number of thioether (sulfide) groups is 3. The van der Waals surface area contributed by atoms with E-state index in [0.29, 0.717) is 10.7 Å². The first-order valence-corrected chi connectivity index (χ1v) is 15.6. The Labute approximate surface area is 249 Å². The number of carbonyl (C=O) groups is 3. The highest BCUT2D eigenvalue weighted by atomic mass is 35.5. The summed E-state index contributed by atoms with van der Waals surface area (Å²) in [5.74, 6) is -1.82. The van der Waals surface area contributed by atoms with Crippen molar-refractivity contribution >= 4 is 86.9 Å². The number of rotatable bonds is 12. The number of carboxylic acid groups (broad SMARTS) is 1. The van der Waals surface area contributed by atoms with Gasteiger partial charge in [-0.3, -0.25) is 19.5 Å². The van der Waals surface area contributed by atoms with Gasteiger partial charge >= 0.3 is 5.97 Å². The third-order valence-corrected chi connectivity index (χ3v) is 10.4. The van der Waals surface area contributed by atoms with Gasteiger partial charge in [-0.05, 0) is 13.0 Å². The fourth-order valence-corrected chi connectivity index (χ4v) is 8.08. The number of alkyl halides is 1. The summed E-state index contributed by atoms with van der Waals surface area (Å²) in [5.41, 5.74) is 10.9. The number of carboxylic acids is 1. The monoisotopic (exact) mass is 647 g/mol. The van der Waals surface area contributed by atoms with E-state index in [4.69, 9.17) is 27.9 Å². The van der Waals surface area contributed by atoms with Crippen molar-refractivity contribution in [2.45, 2.75) is 34.2 Å². The van der Waals surface area contributed by atoms with E-state index in [1.807, 2.05) is 6.92 Å². The first-order valence-electron chi connectivity index (χ1n) is 11.5. The van der Waals surface area contributed by atoms with Crippen molar-refractivity contribution in [3.8, 4) is 0 Å². The molecule has 0 bridgehead atoms. The quantitative estimate of drug-likeness (QED) is 0.0868. The van der Waals surface area contributed by atoms with Crippen molar-refractivity contribution < 1.29 is 28.7 Å². The third-order valence-electron chi connectivity index (χ3n) is 5.27.